The summed E-state index contributed by atoms with van der Waals surface area (Å²) in [5, 5.41) is 7.06. The number of hydrogen-bond donors (Lipinski definition) is 1. The lowest BCUT2D eigenvalue weighted by Crippen LogP contribution is -2.35. The summed E-state index contributed by atoms with van der Waals surface area (Å²) in [7, 11) is 0. The molecular formula is C13H13Br2N3O. The first-order valence-electron chi connectivity index (χ1n) is 5.79. The predicted molar refractivity (Wildman–Crippen MR) is 81.0 cm³/mol. The molecule has 0 saturated heterocycles. The maximum atomic E-state index is 12.1. The summed E-state index contributed by atoms with van der Waals surface area (Å²) in [6.45, 7) is 2.60. The zero-order valence-electron chi connectivity index (χ0n) is 10.3. The fraction of sp³-hybridized carbons (Fsp3) is 0.231. The zero-order chi connectivity index (χ0) is 13.8. The van der Waals surface area contributed by atoms with Crippen LogP contribution in [-0.4, -0.2) is 21.7 Å². The van der Waals surface area contributed by atoms with Crippen LogP contribution in [-0.2, 0) is 6.54 Å². The number of nitrogens with one attached hydrogen (secondary N) is 1. The van der Waals surface area contributed by atoms with Gasteiger partial charge >= 0.3 is 0 Å². The van der Waals surface area contributed by atoms with Crippen molar-refractivity contribution in [3.63, 3.8) is 0 Å². The Morgan fingerprint density at radius 2 is 2.26 bits per heavy atom. The van der Waals surface area contributed by atoms with Crippen LogP contribution in [0.3, 0.4) is 0 Å². The van der Waals surface area contributed by atoms with Gasteiger partial charge < -0.3 is 5.32 Å². The van der Waals surface area contributed by atoms with Gasteiger partial charge in [-0.1, -0.05) is 15.9 Å². The van der Waals surface area contributed by atoms with E-state index in [-0.39, 0.29) is 11.9 Å². The van der Waals surface area contributed by atoms with Crippen LogP contribution in [0.15, 0.2) is 45.6 Å². The first-order valence-corrected chi connectivity index (χ1v) is 7.38. The lowest BCUT2D eigenvalue weighted by Gasteiger charge is -2.14. The Morgan fingerprint density at radius 1 is 1.47 bits per heavy atom. The van der Waals surface area contributed by atoms with Gasteiger partial charge in [0.2, 0.25) is 0 Å². The minimum Gasteiger partial charge on any atom is -0.348 e. The molecule has 1 amide bonds. The quantitative estimate of drug-likeness (QED) is 0.876. The Hall–Kier alpha value is -1.14. The van der Waals surface area contributed by atoms with Crippen LogP contribution in [0.2, 0.25) is 0 Å². The second-order valence-corrected chi connectivity index (χ2v) is 6.00. The van der Waals surface area contributed by atoms with Crippen molar-refractivity contribution in [2.45, 2.75) is 19.5 Å². The number of carbonyl (C=O) groups excluding carboxylic acids is 1. The van der Waals surface area contributed by atoms with E-state index in [0.717, 1.165) is 8.95 Å². The maximum absolute atomic E-state index is 12.1. The highest BCUT2D eigenvalue weighted by Crippen LogP contribution is 2.21. The molecule has 0 aliphatic carbocycles. The molecule has 0 fully saturated rings. The topological polar surface area (TPSA) is 46.9 Å². The summed E-state index contributed by atoms with van der Waals surface area (Å²) in [4.78, 5) is 12.1. The molecule has 0 aliphatic rings. The maximum Gasteiger partial charge on any atom is 0.252 e. The van der Waals surface area contributed by atoms with Crippen molar-refractivity contribution in [1.29, 1.82) is 0 Å². The van der Waals surface area contributed by atoms with E-state index in [1.54, 1.807) is 16.9 Å². The van der Waals surface area contributed by atoms with Gasteiger partial charge in [-0.3, -0.25) is 9.48 Å². The highest BCUT2D eigenvalue weighted by Gasteiger charge is 2.13. The molecule has 1 heterocycles. The molecule has 1 aromatic carbocycles. The lowest BCUT2D eigenvalue weighted by molar-refractivity contribution is 0.0935. The van der Waals surface area contributed by atoms with Crippen LogP contribution in [0.5, 0.6) is 0 Å². The van der Waals surface area contributed by atoms with Gasteiger partial charge in [-0.25, -0.2) is 0 Å². The Bertz CT molecular complexity index is 569. The third-order valence-electron chi connectivity index (χ3n) is 2.57. The van der Waals surface area contributed by atoms with Crippen LogP contribution in [0, 0.1) is 0 Å². The minimum atomic E-state index is -0.0981. The molecule has 2 rings (SSSR count). The Kier molecular flexibility index (Phi) is 4.76. The molecule has 100 valence electrons. The van der Waals surface area contributed by atoms with E-state index in [0.29, 0.717) is 12.1 Å². The first-order chi connectivity index (χ1) is 9.06. The van der Waals surface area contributed by atoms with E-state index in [4.69, 9.17) is 0 Å². The van der Waals surface area contributed by atoms with Gasteiger partial charge in [0.15, 0.2) is 0 Å². The van der Waals surface area contributed by atoms with Gasteiger partial charge in [-0.15, -0.1) is 0 Å². The Labute approximate surface area is 128 Å². The Balaban J connectivity index is 2.00. The molecule has 4 nitrogen and oxygen atoms in total. The van der Waals surface area contributed by atoms with E-state index < -0.39 is 0 Å². The normalized spacial score (nSPS) is 12.2. The molecule has 1 unspecified atom stereocenters. The largest absolute Gasteiger partial charge is 0.348 e. The summed E-state index contributed by atoms with van der Waals surface area (Å²) in [5.74, 6) is -0.0981. The molecule has 0 saturated carbocycles. The van der Waals surface area contributed by atoms with Crippen molar-refractivity contribution >= 4 is 37.8 Å². The van der Waals surface area contributed by atoms with Crippen molar-refractivity contribution in [1.82, 2.24) is 15.1 Å². The summed E-state index contributed by atoms with van der Waals surface area (Å²) < 4.78 is 3.49. The van der Waals surface area contributed by atoms with Gasteiger partial charge in [-0.2, -0.15) is 5.10 Å². The van der Waals surface area contributed by atoms with Gasteiger partial charge in [0.25, 0.3) is 5.91 Å². The fourth-order valence-corrected chi connectivity index (χ4v) is 2.94. The van der Waals surface area contributed by atoms with E-state index in [2.05, 4.69) is 42.3 Å². The summed E-state index contributed by atoms with van der Waals surface area (Å²) >= 11 is 6.75. The second kappa shape index (κ2) is 6.34. The van der Waals surface area contributed by atoms with Crippen LogP contribution in [0.1, 0.15) is 17.3 Å². The number of amides is 1. The molecule has 1 aromatic heterocycles. The molecule has 0 radical (unpaired) electrons. The first kappa shape index (κ1) is 14.3. The van der Waals surface area contributed by atoms with E-state index in [1.165, 1.54) is 0 Å². The molecule has 0 bridgehead atoms. The third-order valence-corrected chi connectivity index (χ3v) is 3.72. The van der Waals surface area contributed by atoms with Crippen molar-refractivity contribution in [3.05, 3.63) is 51.2 Å². The predicted octanol–water partition coefficient (Wildman–Crippen LogP) is 3.23. The number of carbonyl (C=O) groups is 1. The minimum absolute atomic E-state index is 0.00273. The van der Waals surface area contributed by atoms with Gasteiger partial charge in [0.05, 0.1) is 12.1 Å². The van der Waals surface area contributed by atoms with Crippen molar-refractivity contribution in [3.8, 4) is 0 Å². The zero-order valence-corrected chi connectivity index (χ0v) is 13.5. The van der Waals surface area contributed by atoms with E-state index >= 15 is 0 Å². The molecule has 0 aliphatic heterocycles. The fourth-order valence-electron chi connectivity index (χ4n) is 1.71. The van der Waals surface area contributed by atoms with Crippen LogP contribution in [0.25, 0.3) is 0 Å². The van der Waals surface area contributed by atoms with E-state index in [9.17, 15) is 4.79 Å². The lowest BCUT2D eigenvalue weighted by atomic mass is 10.2. The standard InChI is InChI=1S/C13H13Br2N3O/c1-9(8-18-6-2-5-16-18)17-13(19)11-4-3-10(14)7-12(11)15/h2-7,9H,8H2,1H3,(H,17,19). The van der Waals surface area contributed by atoms with Crippen molar-refractivity contribution in [2.75, 3.05) is 0 Å². The summed E-state index contributed by atoms with van der Waals surface area (Å²) in [6, 6.07) is 7.34. The van der Waals surface area contributed by atoms with E-state index in [1.807, 2.05) is 31.3 Å². The average Bonchev–Trinajstić information content (AvgIpc) is 2.81. The number of hydrogen-bond acceptors (Lipinski definition) is 2. The second-order valence-electron chi connectivity index (χ2n) is 4.23. The molecular weight excluding hydrogens is 374 g/mol. The van der Waals surface area contributed by atoms with Crippen LogP contribution >= 0.6 is 31.9 Å². The van der Waals surface area contributed by atoms with Crippen molar-refractivity contribution in [2.24, 2.45) is 0 Å². The highest BCUT2D eigenvalue weighted by atomic mass is 79.9. The number of nitrogens with zero attached hydrogens (tertiary/aromatic N) is 2. The summed E-state index contributed by atoms with van der Waals surface area (Å²) in [6.07, 6.45) is 3.60. The number of rotatable bonds is 4. The van der Waals surface area contributed by atoms with Crippen molar-refractivity contribution < 1.29 is 4.79 Å². The molecule has 1 N–H and O–H groups in total. The number of halogens is 2. The smallest absolute Gasteiger partial charge is 0.252 e. The van der Waals surface area contributed by atoms with Gasteiger partial charge in [0.1, 0.15) is 0 Å². The highest BCUT2D eigenvalue weighted by molar-refractivity contribution is 9.11. The van der Waals surface area contributed by atoms with Gasteiger partial charge in [-0.05, 0) is 47.1 Å². The van der Waals surface area contributed by atoms with Gasteiger partial charge in [0, 0.05) is 27.4 Å². The molecule has 6 heteroatoms. The Morgan fingerprint density at radius 3 is 2.89 bits per heavy atom. The molecule has 2 aromatic rings. The molecule has 1 atom stereocenters. The van der Waals surface area contributed by atoms with Crippen LogP contribution in [0.4, 0.5) is 0 Å². The number of aromatic nitrogens is 2. The van der Waals surface area contributed by atoms with Crippen LogP contribution < -0.4 is 5.32 Å². The summed E-state index contributed by atoms with van der Waals surface area (Å²) in [5.41, 5.74) is 0.621. The molecule has 19 heavy (non-hydrogen) atoms. The SMILES string of the molecule is CC(Cn1cccn1)NC(=O)c1ccc(Br)cc1Br. The average molecular weight is 387 g/mol. The monoisotopic (exact) mass is 385 g/mol. The third kappa shape index (κ3) is 3.91. The molecule has 0 spiro atoms. The number of benzene rings is 1.